The molecule has 1 aliphatic heterocycles. The van der Waals surface area contributed by atoms with Crippen LogP contribution in [0, 0.1) is 5.92 Å². The van der Waals surface area contributed by atoms with Crippen LogP contribution in [0.3, 0.4) is 0 Å². The number of thioether (sulfide) groups is 1. The Morgan fingerprint density at radius 2 is 2.09 bits per heavy atom. The van der Waals surface area contributed by atoms with Crippen molar-refractivity contribution in [3.05, 3.63) is 34.9 Å². The molecule has 0 unspecified atom stereocenters. The van der Waals surface area contributed by atoms with Crippen LogP contribution in [-0.4, -0.2) is 42.1 Å². The van der Waals surface area contributed by atoms with Crippen LogP contribution < -0.4 is 5.32 Å². The molecule has 6 heteroatoms. The molecule has 0 radical (unpaired) electrons. The van der Waals surface area contributed by atoms with Gasteiger partial charge in [0.2, 0.25) is 11.8 Å². The van der Waals surface area contributed by atoms with Crippen LogP contribution in [0.5, 0.6) is 0 Å². The van der Waals surface area contributed by atoms with E-state index in [1.807, 2.05) is 29.2 Å². The van der Waals surface area contributed by atoms with Gasteiger partial charge in [-0.3, -0.25) is 9.59 Å². The fourth-order valence-corrected chi connectivity index (χ4v) is 3.38. The molecule has 2 rings (SSSR count). The molecule has 1 saturated heterocycles. The molecule has 0 saturated carbocycles. The Morgan fingerprint density at radius 3 is 2.73 bits per heavy atom. The van der Waals surface area contributed by atoms with E-state index in [0.29, 0.717) is 18.2 Å². The first-order valence-corrected chi connectivity index (χ1v) is 8.92. The Labute approximate surface area is 140 Å². The summed E-state index contributed by atoms with van der Waals surface area (Å²) in [5.74, 6) is 1.81. The standard InChI is InChI=1S/C16H21ClN2O2S/c1-12(20)19-7-6-14(9-19)8-18-16(21)11-22-10-13-2-4-15(17)5-3-13/h2-5,14H,6-11H2,1H3,(H,18,21)/t14-/m1/s1. The molecular formula is C16H21ClN2O2S. The highest BCUT2D eigenvalue weighted by Crippen LogP contribution is 2.16. The molecule has 1 aliphatic rings. The first-order valence-electron chi connectivity index (χ1n) is 7.39. The van der Waals surface area contributed by atoms with Crippen molar-refractivity contribution < 1.29 is 9.59 Å². The number of hydrogen-bond donors (Lipinski definition) is 1. The van der Waals surface area contributed by atoms with Crippen molar-refractivity contribution in [2.24, 2.45) is 5.92 Å². The fraction of sp³-hybridized carbons (Fsp3) is 0.500. The minimum atomic E-state index is 0.0558. The minimum absolute atomic E-state index is 0.0558. The van der Waals surface area contributed by atoms with Gasteiger partial charge in [-0.25, -0.2) is 0 Å². The van der Waals surface area contributed by atoms with Crippen molar-refractivity contribution in [2.75, 3.05) is 25.4 Å². The van der Waals surface area contributed by atoms with Crippen molar-refractivity contribution in [1.29, 1.82) is 0 Å². The number of rotatable bonds is 6. The average Bonchev–Trinajstić information content (AvgIpc) is 2.96. The van der Waals surface area contributed by atoms with Crippen LogP contribution in [0.2, 0.25) is 5.02 Å². The van der Waals surface area contributed by atoms with Crippen LogP contribution in [0.4, 0.5) is 0 Å². The van der Waals surface area contributed by atoms with Gasteiger partial charge in [0.25, 0.3) is 0 Å². The van der Waals surface area contributed by atoms with E-state index in [-0.39, 0.29) is 11.8 Å². The van der Waals surface area contributed by atoms with Crippen molar-refractivity contribution >= 4 is 35.2 Å². The van der Waals surface area contributed by atoms with Crippen molar-refractivity contribution in [2.45, 2.75) is 19.1 Å². The molecule has 1 heterocycles. The molecule has 2 amide bonds. The van der Waals surface area contributed by atoms with E-state index in [0.717, 1.165) is 35.8 Å². The van der Waals surface area contributed by atoms with E-state index >= 15 is 0 Å². The number of halogens is 1. The molecular weight excluding hydrogens is 320 g/mol. The largest absolute Gasteiger partial charge is 0.355 e. The Morgan fingerprint density at radius 1 is 1.36 bits per heavy atom. The average molecular weight is 341 g/mol. The van der Waals surface area contributed by atoms with E-state index in [1.54, 1.807) is 18.7 Å². The van der Waals surface area contributed by atoms with E-state index in [1.165, 1.54) is 0 Å². The Balaban J connectivity index is 1.60. The minimum Gasteiger partial charge on any atom is -0.355 e. The smallest absolute Gasteiger partial charge is 0.230 e. The van der Waals surface area contributed by atoms with Crippen molar-refractivity contribution in [1.82, 2.24) is 10.2 Å². The molecule has 1 atom stereocenters. The number of hydrogen-bond acceptors (Lipinski definition) is 3. The zero-order valence-electron chi connectivity index (χ0n) is 12.7. The second kappa shape index (κ2) is 8.44. The van der Waals surface area contributed by atoms with Crippen molar-refractivity contribution in [3.8, 4) is 0 Å². The highest BCUT2D eigenvalue weighted by Gasteiger charge is 2.24. The van der Waals surface area contributed by atoms with Gasteiger partial charge in [0.05, 0.1) is 5.75 Å². The zero-order chi connectivity index (χ0) is 15.9. The first-order chi connectivity index (χ1) is 10.5. The summed E-state index contributed by atoms with van der Waals surface area (Å²) in [6, 6.07) is 7.67. The number of carbonyl (C=O) groups is 2. The summed E-state index contributed by atoms with van der Waals surface area (Å²) in [6.07, 6.45) is 0.970. The molecule has 1 aromatic rings. The maximum Gasteiger partial charge on any atom is 0.230 e. The van der Waals surface area contributed by atoms with Gasteiger partial charge in [-0.05, 0) is 30.0 Å². The van der Waals surface area contributed by atoms with Gasteiger partial charge < -0.3 is 10.2 Å². The van der Waals surface area contributed by atoms with Gasteiger partial charge in [0.1, 0.15) is 0 Å². The number of nitrogens with one attached hydrogen (secondary N) is 1. The lowest BCUT2D eigenvalue weighted by Gasteiger charge is -2.14. The zero-order valence-corrected chi connectivity index (χ0v) is 14.3. The van der Waals surface area contributed by atoms with Gasteiger partial charge in [-0.1, -0.05) is 23.7 Å². The number of amides is 2. The third-order valence-corrected chi connectivity index (χ3v) is 4.99. The fourth-order valence-electron chi connectivity index (χ4n) is 2.44. The summed E-state index contributed by atoms with van der Waals surface area (Å²) in [6.45, 7) is 3.81. The summed E-state index contributed by atoms with van der Waals surface area (Å²) in [5, 5.41) is 3.69. The summed E-state index contributed by atoms with van der Waals surface area (Å²) in [7, 11) is 0. The number of nitrogens with zero attached hydrogens (tertiary/aromatic N) is 1. The molecule has 0 bridgehead atoms. The van der Waals surface area contributed by atoms with Crippen LogP contribution in [0.25, 0.3) is 0 Å². The molecule has 0 aromatic heterocycles. The predicted molar refractivity (Wildman–Crippen MR) is 91.0 cm³/mol. The van der Waals surface area contributed by atoms with Gasteiger partial charge >= 0.3 is 0 Å². The molecule has 1 N–H and O–H groups in total. The molecule has 22 heavy (non-hydrogen) atoms. The Bertz CT molecular complexity index is 521. The third-order valence-electron chi connectivity index (χ3n) is 3.73. The maximum atomic E-state index is 11.8. The van der Waals surface area contributed by atoms with Crippen LogP contribution in [0.1, 0.15) is 18.9 Å². The van der Waals surface area contributed by atoms with E-state index in [4.69, 9.17) is 11.6 Å². The van der Waals surface area contributed by atoms with Crippen LogP contribution >= 0.6 is 23.4 Å². The molecule has 4 nitrogen and oxygen atoms in total. The molecule has 120 valence electrons. The molecule has 1 aromatic carbocycles. The highest BCUT2D eigenvalue weighted by molar-refractivity contribution is 7.99. The molecule has 0 aliphatic carbocycles. The maximum absolute atomic E-state index is 11.8. The van der Waals surface area contributed by atoms with E-state index in [9.17, 15) is 9.59 Å². The SMILES string of the molecule is CC(=O)N1CC[C@H](CNC(=O)CSCc2ccc(Cl)cc2)C1. The molecule has 0 spiro atoms. The Hall–Kier alpha value is -1.20. The summed E-state index contributed by atoms with van der Waals surface area (Å²) >= 11 is 7.42. The van der Waals surface area contributed by atoms with Gasteiger partial charge in [0.15, 0.2) is 0 Å². The molecule has 1 fully saturated rings. The second-order valence-electron chi connectivity index (χ2n) is 5.54. The van der Waals surface area contributed by atoms with E-state index in [2.05, 4.69) is 5.32 Å². The monoisotopic (exact) mass is 340 g/mol. The van der Waals surface area contributed by atoms with Gasteiger partial charge in [-0.15, -0.1) is 11.8 Å². The predicted octanol–water partition coefficient (Wildman–Crippen LogP) is 2.56. The quantitative estimate of drug-likeness (QED) is 0.865. The number of benzene rings is 1. The van der Waals surface area contributed by atoms with Crippen molar-refractivity contribution in [3.63, 3.8) is 0 Å². The van der Waals surface area contributed by atoms with Gasteiger partial charge in [0, 0.05) is 37.3 Å². The first kappa shape index (κ1) is 17.2. The lowest BCUT2D eigenvalue weighted by molar-refractivity contribution is -0.127. The highest BCUT2D eigenvalue weighted by atomic mass is 35.5. The second-order valence-corrected chi connectivity index (χ2v) is 6.97. The third kappa shape index (κ3) is 5.54. The Kier molecular flexibility index (Phi) is 6.58. The lowest BCUT2D eigenvalue weighted by atomic mass is 10.1. The number of carbonyl (C=O) groups excluding carboxylic acids is 2. The topological polar surface area (TPSA) is 49.4 Å². The van der Waals surface area contributed by atoms with Crippen LogP contribution in [-0.2, 0) is 15.3 Å². The van der Waals surface area contributed by atoms with E-state index < -0.39 is 0 Å². The summed E-state index contributed by atoms with van der Waals surface area (Å²) < 4.78 is 0. The summed E-state index contributed by atoms with van der Waals surface area (Å²) in [4.78, 5) is 24.9. The number of likely N-dealkylation sites (tertiary alicyclic amines) is 1. The lowest BCUT2D eigenvalue weighted by Crippen LogP contribution is -2.33. The normalized spacial score (nSPS) is 17.5. The van der Waals surface area contributed by atoms with Crippen LogP contribution in [0.15, 0.2) is 24.3 Å². The summed E-state index contributed by atoms with van der Waals surface area (Å²) in [5.41, 5.74) is 1.16. The van der Waals surface area contributed by atoms with Gasteiger partial charge in [-0.2, -0.15) is 0 Å².